The molecule has 0 aliphatic rings. The highest BCUT2D eigenvalue weighted by Gasteiger charge is 2.08. The van der Waals surface area contributed by atoms with Gasteiger partial charge >= 0.3 is 0 Å². The minimum absolute atomic E-state index is 0.0545. The van der Waals surface area contributed by atoms with Crippen molar-refractivity contribution < 1.29 is 13.7 Å². The van der Waals surface area contributed by atoms with Crippen molar-refractivity contribution in [3.63, 3.8) is 0 Å². The fourth-order valence-corrected chi connectivity index (χ4v) is 2.90. The molecule has 21 heavy (non-hydrogen) atoms. The minimum Gasteiger partial charge on any atom is -0.379 e. The van der Waals surface area contributed by atoms with Gasteiger partial charge in [-0.25, -0.2) is 0 Å². The standard InChI is InChI=1S/C16H25NO3S/c1-13(2)20-9-5-8-17-16(18)12-21(19)11-15-7-4-6-14(3)10-15/h4,6-7,10,13H,5,8-9,11-12H2,1-3H3,(H,17,18). The van der Waals surface area contributed by atoms with E-state index in [1.165, 1.54) is 0 Å². The molecular weight excluding hydrogens is 286 g/mol. The first-order chi connectivity index (χ1) is 9.97. The quantitative estimate of drug-likeness (QED) is 0.711. The largest absolute Gasteiger partial charge is 0.379 e. The van der Waals surface area contributed by atoms with Gasteiger partial charge in [-0.2, -0.15) is 0 Å². The highest BCUT2D eigenvalue weighted by molar-refractivity contribution is 7.84. The molecule has 5 heteroatoms. The number of hydrogen-bond acceptors (Lipinski definition) is 3. The van der Waals surface area contributed by atoms with Crippen LogP contribution in [0, 0.1) is 6.92 Å². The van der Waals surface area contributed by atoms with Crippen molar-refractivity contribution in [1.29, 1.82) is 0 Å². The molecule has 4 nitrogen and oxygen atoms in total. The van der Waals surface area contributed by atoms with E-state index in [1.807, 2.05) is 45.0 Å². The maximum absolute atomic E-state index is 11.9. The first-order valence-corrected chi connectivity index (χ1v) is 8.75. The molecule has 0 saturated heterocycles. The molecule has 0 aromatic heterocycles. The molecular formula is C16H25NO3S. The third-order valence-corrected chi connectivity index (χ3v) is 4.04. The predicted molar refractivity (Wildman–Crippen MR) is 86.6 cm³/mol. The predicted octanol–water partition coefficient (Wildman–Crippen LogP) is 2.18. The molecule has 118 valence electrons. The van der Waals surface area contributed by atoms with Crippen molar-refractivity contribution in [2.24, 2.45) is 0 Å². The van der Waals surface area contributed by atoms with Crippen molar-refractivity contribution in [1.82, 2.24) is 5.32 Å². The molecule has 0 aliphatic carbocycles. The average Bonchev–Trinajstić information content (AvgIpc) is 2.37. The number of nitrogens with one attached hydrogen (secondary N) is 1. The van der Waals surface area contributed by atoms with Crippen LogP contribution in [0.5, 0.6) is 0 Å². The molecule has 0 heterocycles. The van der Waals surface area contributed by atoms with Crippen LogP contribution in [-0.4, -0.2) is 35.1 Å². The van der Waals surface area contributed by atoms with Crippen LogP contribution in [0.4, 0.5) is 0 Å². The smallest absolute Gasteiger partial charge is 0.232 e. The van der Waals surface area contributed by atoms with Crippen LogP contribution in [0.25, 0.3) is 0 Å². The topological polar surface area (TPSA) is 55.4 Å². The molecule has 0 fully saturated rings. The summed E-state index contributed by atoms with van der Waals surface area (Å²) in [6.07, 6.45) is 0.983. The number of ether oxygens (including phenoxy) is 1. The number of aryl methyl sites for hydroxylation is 1. The molecule has 1 amide bonds. The normalized spacial score (nSPS) is 12.4. The lowest BCUT2D eigenvalue weighted by Gasteiger charge is -2.08. The SMILES string of the molecule is Cc1cccc(CS(=O)CC(=O)NCCCOC(C)C)c1. The molecule has 1 atom stereocenters. The van der Waals surface area contributed by atoms with Crippen molar-refractivity contribution in [3.8, 4) is 0 Å². The van der Waals surface area contributed by atoms with Gasteiger partial charge in [0.05, 0.1) is 6.10 Å². The van der Waals surface area contributed by atoms with E-state index in [2.05, 4.69) is 5.32 Å². The summed E-state index contributed by atoms with van der Waals surface area (Å²) < 4.78 is 17.3. The van der Waals surface area contributed by atoms with Gasteiger partial charge in [0.2, 0.25) is 5.91 Å². The molecule has 0 bridgehead atoms. The van der Waals surface area contributed by atoms with Gasteiger partial charge in [0, 0.05) is 29.7 Å². The zero-order chi connectivity index (χ0) is 15.7. The summed E-state index contributed by atoms with van der Waals surface area (Å²) in [7, 11) is -1.17. The van der Waals surface area contributed by atoms with Crippen molar-refractivity contribution in [2.45, 2.75) is 39.0 Å². The molecule has 1 aromatic carbocycles. The summed E-state index contributed by atoms with van der Waals surface area (Å²) in [5.41, 5.74) is 2.14. The zero-order valence-electron chi connectivity index (χ0n) is 13.1. The number of rotatable bonds is 9. The lowest BCUT2D eigenvalue weighted by molar-refractivity contribution is -0.118. The van der Waals surface area contributed by atoms with E-state index in [4.69, 9.17) is 4.74 Å². The molecule has 0 radical (unpaired) electrons. The van der Waals surface area contributed by atoms with Gasteiger partial charge < -0.3 is 10.1 Å². The van der Waals surface area contributed by atoms with Gasteiger partial charge in [0.25, 0.3) is 0 Å². The highest BCUT2D eigenvalue weighted by Crippen LogP contribution is 2.06. The Bertz CT molecular complexity index is 474. The van der Waals surface area contributed by atoms with E-state index in [9.17, 15) is 9.00 Å². The van der Waals surface area contributed by atoms with Gasteiger partial charge in [-0.3, -0.25) is 9.00 Å². The molecule has 0 saturated carbocycles. The number of carbonyl (C=O) groups is 1. The van der Waals surface area contributed by atoms with E-state index < -0.39 is 10.8 Å². The number of hydrogen-bond donors (Lipinski definition) is 1. The summed E-state index contributed by atoms with van der Waals surface area (Å²) in [5, 5.41) is 2.77. The lowest BCUT2D eigenvalue weighted by Crippen LogP contribution is -2.30. The van der Waals surface area contributed by atoms with E-state index in [0.717, 1.165) is 17.5 Å². The van der Waals surface area contributed by atoms with Crippen LogP contribution in [0.3, 0.4) is 0 Å². The summed E-state index contributed by atoms with van der Waals surface area (Å²) in [6.45, 7) is 7.15. The molecule has 0 spiro atoms. The average molecular weight is 311 g/mol. The van der Waals surface area contributed by atoms with Gasteiger partial charge in [-0.05, 0) is 32.8 Å². The minimum atomic E-state index is -1.17. The van der Waals surface area contributed by atoms with Crippen LogP contribution in [0.2, 0.25) is 0 Å². The van der Waals surface area contributed by atoms with Crippen molar-refractivity contribution in [3.05, 3.63) is 35.4 Å². The second-order valence-corrected chi connectivity index (χ2v) is 6.80. The summed E-state index contributed by atoms with van der Waals surface area (Å²) >= 11 is 0. The number of amides is 1. The fourth-order valence-electron chi connectivity index (χ4n) is 1.86. The molecule has 0 aliphatic heterocycles. The van der Waals surface area contributed by atoms with Gasteiger partial charge in [0.15, 0.2) is 0 Å². The van der Waals surface area contributed by atoms with Gasteiger partial charge in [-0.15, -0.1) is 0 Å². The van der Waals surface area contributed by atoms with Crippen molar-refractivity contribution >= 4 is 16.7 Å². The zero-order valence-corrected chi connectivity index (χ0v) is 13.9. The third-order valence-electron chi connectivity index (χ3n) is 2.80. The maximum Gasteiger partial charge on any atom is 0.232 e. The summed E-state index contributed by atoms with van der Waals surface area (Å²) in [5.74, 6) is 0.315. The van der Waals surface area contributed by atoms with Gasteiger partial charge in [0.1, 0.15) is 5.75 Å². The first-order valence-electron chi connectivity index (χ1n) is 7.26. The van der Waals surface area contributed by atoms with E-state index in [0.29, 0.717) is 18.9 Å². The third kappa shape index (κ3) is 8.63. The maximum atomic E-state index is 11.9. The second kappa shape index (κ2) is 9.68. The Morgan fingerprint density at radius 3 is 2.81 bits per heavy atom. The lowest BCUT2D eigenvalue weighted by atomic mass is 10.2. The number of carbonyl (C=O) groups excluding carboxylic acids is 1. The van der Waals surface area contributed by atoms with Crippen LogP contribution < -0.4 is 5.32 Å². The molecule has 1 N–H and O–H groups in total. The first kappa shape index (κ1) is 17.9. The highest BCUT2D eigenvalue weighted by atomic mass is 32.2. The fraction of sp³-hybridized carbons (Fsp3) is 0.562. The van der Waals surface area contributed by atoms with E-state index in [-0.39, 0.29) is 17.8 Å². The van der Waals surface area contributed by atoms with Crippen LogP contribution >= 0.6 is 0 Å². The van der Waals surface area contributed by atoms with Crippen molar-refractivity contribution in [2.75, 3.05) is 18.9 Å². The Labute approximate surface area is 129 Å². The van der Waals surface area contributed by atoms with E-state index in [1.54, 1.807) is 0 Å². The molecule has 1 aromatic rings. The van der Waals surface area contributed by atoms with Crippen LogP contribution in [0.15, 0.2) is 24.3 Å². The second-order valence-electron chi connectivity index (χ2n) is 5.34. The Kier molecular flexibility index (Phi) is 8.23. The summed E-state index contributed by atoms with van der Waals surface area (Å²) in [4.78, 5) is 11.7. The van der Waals surface area contributed by atoms with E-state index >= 15 is 0 Å². The summed E-state index contributed by atoms with van der Waals surface area (Å²) in [6, 6.07) is 7.88. The van der Waals surface area contributed by atoms with Gasteiger partial charge in [-0.1, -0.05) is 29.8 Å². The Balaban J connectivity index is 2.20. The molecule has 1 rings (SSSR count). The van der Waals surface area contributed by atoms with Crippen LogP contribution in [-0.2, 0) is 26.1 Å². The number of benzene rings is 1. The Morgan fingerprint density at radius 1 is 1.38 bits per heavy atom. The van der Waals surface area contributed by atoms with Crippen LogP contribution in [0.1, 0.15) is 31.4 Å². The Hall–Kier alpha value is -1.20. The molecule has 1 unspecified atom stereocenters. The monoisotopic (exact) mass is 311 g/mol. The Morgan fingerprint density at radius 2 is 2.14 bits per heavy atom.